The molecule has 0 bridgehead atoms. The molecule has 4 heterocycles. The van der Waals surface area contributed by atoms with Crippen LogP contribution < -0.4 is 15.8 Å². The number of carbonyl (C=O) groups excluding carboxylic acids is 3. The molecule has 246 valence electrons. The van der Waals surface area contributed by atoms with E-state index >= 15 is 0 Å². The Morgan fingerprint density at radius 1 is 1.00 bits per heavy atom. The minimum absolute atomic E-state index is 0.0917. The fourth-order valence-electron chi connectivity index (χ4n) is 6.31. The first kappa shape index (κ1) is 31.3. The summed E-state index contributed by atoms with van der Waals surface area (Å²) in [5.74, 6) is 0.273. The van der Waals surface area contributed by atoms with E-state index in [4.69, 9.17) is 9.47 Å². The zero-order valence-corrected chi connectivity index (χ0v) is 26.9. The highest BCUT2D eigenvalue weighted by atomic mass is 16.5. The predicted octanol–water partition coefficient (Wildman–Crippen LogP) is 4.20. The van der Waals surface area contributed by atoms with Gasteiger partial charge in [-0.15, -0.1) is 0 Å². The molecule has 0 spiro atoms. The Bertz CT molecular complexity index is 1960. The van der Waals surface area contributed by atoms with Gasteiger partial charge in [-0.2, -0.15) is 5.10 Å². The molecule has 7 rings (SSSR count). The van der Waals surface area contributed by atoms with Crippen LogP contribution in [-0.2, 0) is 34.3 Å². The average Bonchev–Trinajstić information content (AvgIpc) is 3.96. The van der Waals surface area contributed by atoms with E-state index < -0.39 is 5.97 Å². The van der Waals surface area contributed by atoms with Gasteiger partial charge in [-0.1, -0.05) is 24.3 Å². The zero-order valence-electron chi connectivity index (χ0n) is 26.9. The van der Waals surface area contributed by atoms with E-state index in [9.17, 15) is 19.2 Å². The lowest BCUT2D eigenvalue weighted by atomic mass is 9.93. The zero-order chi connectivity index (χ0) is 33.4. The van der Waals surface area contributed by atoms with E-state index in [1.54, 1.807) is 35.0 Å². The van der Waals surface area contributed by atoms with Crippen LogP contribution in [0.4, 0.5) is 17.2 Å². The fourth-order valence-corrected chi connectivity index (χ4v) is 6.31. The van der Waals surface area contributed by atoms with Crippen molar-refractivity contribution in [1.29, 1.82) is 0 Å². The summed E-state index contributed by atoms with van der Waals surface area (Å²) in [6.45, 7) is 3.76. The molecule has 1 saturated carbocycles. The molecule has 12 nitrogen and oxygen atoms in total. The Balaban J connectivity index is 1.20. The second-order valence-electron chi connectivity index (χ2n) is 12.3. The number of pyridine rings is 1. The molecule has 2 aromatic carbocycles. The van der Waals surface area contributed by atoms with Crippen LogP contribution >= 0.6 is 0 Å². The Kier molecular flexibility index (Phi) is 8.49. The molecule has 4 aromatic rings. The molecule has 0 unspecified atom stereocenters. The van der Waals surface area contributed by atoms with E-state index in [1.807, 2.05) is 24.3 Å². The van der Waals surface area contributed by atoms with Gasteiger partial charge in [-0.25, -0.2) is 9.67 Å². The second-order valence-corrected chi connectivity index (χ2v) is 12.3. The van der Waals surface area contributed by atoms with Crippen LogP contribution in [-0.4, -0.2) is 70.3 Å². The normalized spacial score (nSPS) is 16.0. The van der Waals surface area contributed by atoms with Crippen LogP contribution in [0.5, 0.6) is 0 Å². The molecular formula is C36H36N6O6. The van der Waals surface area contributed by atoms with Gasteiger partial charge in [0.1, 0.15) is 18.1 Å². The van der Waals surface area contributed by atoms with Gasteiger partial charge in [0.25, 0.3) is 17.4 Å². The number of aryl methyl sites for hydroxylation is 1. The third kappa shape index (κ3) is 6.30. The Hall–Kier alpha value is -5.36. The van der Waals surface area contributed by atoms with Crippen molar-refractivity contribution < 1.29 is 23.9 Å². The second kappa shape index (κ2) is 13.0. The highest BCUT2D eigenvalue weighted by Gasteiger charge is 2.31. The van der Waals surface area contributed by atoms with Crippen LogP contribution in [0.25, 0.3) is 11.3 Å². The number of nitrogens with zero attached hydrogens (tertiary/aromatic N) is 5. The summed E-state index contributed by atoms with van der Waals surface area (Å²) in [5.41, 5.74) is 5.54. The number of carbonyl (C=O) groups is 3. The van der Waals surface area contributed by atoms with Crippen molar-refractivity contribution in [2.75, 3.05) is 43.1 Å². The molecular weight excluding hydrogens is 612 g/mol. The highest BCUT2D eigenvalue weighted by molar-refractivity contribution is 6.09. The number of anilines is 3. The largest absolute Gasteiger partial charge is 0.461 e. The summed E-state index contributed by atoms with van der Waals surface area (Å²) < 4.78 is 12.0. The number of esters is 1. The van der Waals surface area contributed by atoms with Gasteiger partial charge in [0.2, 0.25) is 0 Å². The van der Waals surface area contributed by atoms with Crippen molar-refractivity contribution in [2.45, 2.75) is 38.7 Å². The van der Waals surface area contributed by atoms with Crippen molar-refractivity contribution in [3.8, 4) is 11.3 Å². The molecule has 1 aliphatic carbocycles. The van der Waals surface area contributed by atoms with Crippen LogP contribution in [0.3, 0.4) is 0 Å². The van der Waals surface area contributed by atoms with Gasteiger partial charge in [-0.05, 0) is 66.6 Å². The van der Waals surface area contributed by atoms with Gasteiger partial charge < -0.3 is 24.6 Å². The number of morpholine rings is 1. The Morgan fingerprint density at radius 3 is 2.54 bits per heavy atom. The summed E-state index contributed by atoms with van der Waals surface area (Å²) in [5, 5.41) is 7.61. The van der Waals surface area contributed by atoms with Crippen molar-refractivity contribution in [2.24, 2.45) is 7.05 Å². The maximum absolute atomic E-state index is 13.9. The van der Waals surface area contributed by atoms with Gasteiger partial charge in [0.15, 0.2) is 0 Å². The van der Waals surface area contributed by atoms with Crippen LogP contribution in [0.1, 0.15) is 63.1 Å². The van der Waals surface area contributed by atoms with Crippen LogP contribution in [0.2, 0.25) is 0 Å². The molecule has 12 heteroatoms. The lowest BCUT2D eigenvalue weighted by Crippen LogP contribution is -2.40. The minimum atomic E-state index is -0.462. The molecule has 2 aliphatic heterocycles. The SMILES string of the molecule is CC(=O)OCc1c(-c2cc(Nc3ccc(C(=O)N4CCOCC4)cn3)c(=O)n(C)n2)cccc1N1CCc2cc(C3CC3)ccc2C1=O. The first-order valence-electron chi connectivity index (χ1n) is 16.2. The number of aromatic nitrogens is 3. The maximum Gasteiger partial charge on any atom is 0.302 e. The van der Waals surface area contributed by atoms with Crippen molar-refractivity contribution >= 4 is 35.0 Å². The number of rotatable bonds is 8. The minimum Gasteiger partial charge on any atom is -0.461 e. The molecule has 1 N–H and O–H groups in total. The molecule has 0 atom stereocenters. The van der Waals surface area contributed by atoms with Gasteiger partial charge in [0, 0.05) is 56.5 Å². The summed E-state index contributed by atoms with van der Waals surface area (Å²) in [7, 11) is 1.55. The summed E-state index contributed by atoms with van der Waals surface area (Å²) in [6.07, 6.45) is 4.57. The van der Waals surface area contributed by atoms with E-state index in [0.29, 0.717) is 84.6 Å². The van der Waals surface area contributed by atoms with Crippen LogP contribution in [0, 0.1) is 0 Å². The number of benzene rings is 2. The number of hydrogen-bond acceptors (Lipinski definition) is 9. The van der Waals surface area contributed by atoms with E-state index in [2.05, 4.69) is 27.5 Å². The molecule has 2 aromatic heterocycles. The summed E-state index contributed by atoms with van der Waals surface area (Å²) in [4.78, 5) is 59.7. The maximum atomic E-state index is 13.9. The monoisotopic (exact) mass is 648 g/mol. The van der Waals surface area contributed by atoms with E-state index in [-0.39, 0.29) is 29.7 Å². The quantitative estimate of drug-likeness (QED) is 0.279. The number of hydrogen-bond donors (Lipinski definition) is 1. The van der Waals surface area contributed by atoms with Crippen molar-refractivity contribution in [3.63, 3.8) is 0 Å². The molecule has 0 radical (unpaired) electrons. The smallest absolute Gasteiger partial charge is 0.302 e. The third-order valence-corrected chi connectivity index (χ3v) is 9.03. The highest BCUT2D eigenvalue weighted by Crippen LogP contribution is 2.41. The summed E-state index contributed by atoms with van der Waals surface area (Å²) in [6, 6.07) is 16.6. The molecule has 2 amide bonds. The van der Waals surface area contributed by atoms with Crippen molar-refractivity contribution in [1.82, 2.24) is 19.7 Å². The number of fused-ring (bicyclic) bond motifs is 1. The van der Waals surface area contributed by atoms with E-state index in [1.165, 1.54) is 36.2 Å². The van der Waals surface area contributed by atoms with Gasteiger partial charge >= 0.3 is 5.97 Å². The van der Waals surface area contributed by atoms with Crippen molar-refractivity contribution in [3.05, 3.63) is 99.0 Å². The molecule has 2 fully saturated rings. The fraction of sp³-hybridized carbons (Fsp3) is 0.333. The predicted molar refractivity (Wildman–Crippen MR) is 178 cm³/mol. The number of ether oxygens (including phenoxy) is 2. The molecule has 1 saturated heterocycles. The van der Waals surface area contributed by atoms with E-state index in [0.717, 1.165) is 5.56 Å². The number of nitrogens with one attached hydrogen (secondary N) is 1. The lowest BCUT2D eigenvalue weighted by Gasteiger charge is -2.31. The molecule has 48 heavy (non-hydrogen) atoms. The van der Waals surface area contributed by atoms with Gasteiger partial charge in [0.05, 0.1) is 30.2 Å². The topological polar surface area (TPSA) is 136 Å². The third-order valence-electron chi connectivity index (χ3n) is 9.03. The first-order chi connectivity index (χ1) is 23.3. The number of amides is 2. The standard InChI is InChI=1S/C36H36N6O6/c1-22(43)48-21-29-28(4-3-5-32(29)42-13-12-25-18-24(23-6-7-23)8-10-27(25)35(42)45)30-19-31(36(46)40(2)39-30)38-33-11-9-26(20-37-33)34(44)41-14-16-47-17-15-41/h3-5,8-11,18-20,23H,6-7,12-17,21H2,1-2H3,(H,37,38). The van der Waals surface area contributed by atoms with Crippen LogP contribution in [0.15, 0.2) is 65.6 Å². The van der Waals surface area contributed by atoms with Gasteiger partial charge in [-0.3, -0.25) is 19.2 Å². The Labute approximate surface area is 277 Å². The Morgan fingerprint density at radius 2 is 1.81 bits per heavy atom. The first-order valence-corrected chi connectivity index (χ1v) is 16.2. The summed E-state index contributed by atoms with van der Waals surface area (Å²) >= 11 is 0. The lowest BCUT2D eigenvalue weighted by molar-refractivity contribution is -0.142. The average molecular weight is 649 g/mol. The molecule has 3 aliphatic rings.